The van der Waals surface area contributed by atoms with Gasteiger partial charge in [0.2, 0.25) is 0 Å². The first-order valence-electron chi connectivity index (χ1n) is 7.64. The zero-order chi connectivity index (χ0) is 14.4. The third kappa shape index (κ3) is 5.02. The van der Waals surface area contributed by atoms with Crippen molar-refractivity contribution in [2.24, 2.45) is 5.41 Å². The van der Waals surface area contributed by atoms with Crippen molar-refractivity contribution < 1.29 is 0 Å². The molecule has 1 aliphatic rings. The molecule has 2 nitrogen and oxygen atoms in total. The molecule has 1 N–H and O–H groups in total. The van der Waals surface area contributed by atoms with E-state index >= 15 is 0 Å². The Kier molecular flexibility index (Phi) is 5.79. The topological polar surface area (TPSA) is 15.3 Å². The molecule has 0 saturated carbocycles. The number of nitrogens with zero attached hydrogens (tertiary/aromatic N) is 1. The van der Waals surface area contributed by atoms with E-state index in [1.54, 1.807) is 0 Å². The molecule has 1 fully saturated rings. The molecule has 0 spiro atoms. The van der Waals surface area contributed by atoms with Crippen LogP contribution in [0.5, 0.6) is 0 Å². The summed E-state index contributed by atoms with van der Waals surface area (Å²) in [5.41, 5.74) is 1.81. The molecule has 2 rings (SSSR count). The van der Waals surface area contributed by atoms with E-state index < -0.39 is 0 Å². The van der Waals surface area contributed by atoms with E-state index in [4.69, 9.17) is 0 Å². The minimum Gasteiger partial charge on any atom is -0.375 e. The second-order valence-electron chi connectivity index (χ2n) is 6.65. The molecular formula is C17H28N2S. The Bertz CT molecular complexity index is 391. The molecule has 1 heterocycles. The van der Waals surface area contributed by atoms with Gasteiger partial charge in [0.1, 0.15) is 0 Å². The first-order valence-corrected chi connectivity index (χ1v) is 8.80. The molecular weight excluding hydrogens is 264 g/mol. The van der Waals surface area contributed by atoms with E-state index in [9.17, 15) is 0 Å². The molecule has 1 aliphatic heterocycles. The summed E-state index contributed by atoms with van der Waals surface area (Å²) >= 11 is 2.10. The van der Waals surface area contributed by atoms with Gasteiger partial charge in [0.05, 0.1) is 0 Å². The Labute approximate surface area is 128 Å². The highest BCUT2D eigenvalue weighted by Crippen LogP contribution is 2.33. The summed E-state index contributed by atoms with van der Waals surface area (Å²) in [6.07, 6.45) is 2.52. The molecule has 20 heavy (non-hydrogen) atoms. The average molecular weight is 292 g/mol. The standard InChI is InChI=1S/C17H28N2S/c1-17(2)12-15(13-20-14-17)18-10-7-11-19(3)16-8-5-4-6-9-16/h4-6,8-9,15,18H,7,10-14H2,1-3H3. The van der Waals surface area contributed by atoms with Gasteiger partial charge >= 0.3 is 0 Å². The van der Waals surface area contributed by atoms with Crippen LogP contribution in [-0.2, 0) is 0 Å². The second-order valence-corrected chi connectivity index (χ2v) is 7.68. The fourth-order valence-electron chi connectivity index (χ4n) is 2.83. The van der Waals surface area contributed by atoms with Gasteiger partial charge in [0.15, 0.2) is 0 Å². The van der Waals surface area contributed by atoms with E-state index in [2.05, 4.69) is 73.2 Å². The molecule has 1 aromatic rings. The van der Waals surface area contributed by atoms with Gasteiger partial charge in [-0.25, -0.2) is 0 Å². The lowest BCUT2D eigenvalue weighted by Crippen LogP contribution is -2.41. The quantitative estimate of drug-likeness (QED) is 0.806. The molecule has 0 radical (unpaired) electrons. The number of thioether (sulfide) groups is 1. The minimum atomic E-state index is 0.501. The van der Waals surface area contributed by atoms with Gasteiger partial charge in [-0.3, -0.25) is 0 Å². The van der Waals surface area contributed by atoms with Gasteiger partial charge in [0.25, 0.3) is 0 Å². The highest BCUT2D eigenvalue weighted by Gasteiger charge is 2.27. The van der Waals surface area contributed by atoms with Crippen LogP contribution in [0.2, 0.25) is 0 Å². The first-order chi connectivity index (χ1) is 9.57. The summed E-state index contributed by atoms with van der Waals surface area (Å²) in [5, 5.41) is 3.74. The van der Waals surface area contributed by atoms with Crippen LogP contribution in [0.3, 0.4) is 0 Å². The van der Waals surface area contributed by atoms with Crippen molar-refractivity contribution in [3.05, 3.63) is 30.3 Å². The van der Waals surface area contributed by atoms with E-state index in [-0.39, 0.29) is 0 Å². The highest BCUT2D eigenvalue weighted by molar-refractivity contribution is 7.99. The van der Waals surface area contributed by atoms with E-state index in [0.29, 0.717) is 11.5 Å². The van der Waals surface area contributed by atoms with Crippen LogP contribution in [0.15, 0.2) is 30.3 Å². The number of hydrogen-bond acceptors (Lipinski definition) is 3. The number of anilines is 1. The maximum atomic E-state index is 3.74. The summed E-state index contributed by atoms with van der Waals surface area (Å²) < 4.78 is 0. The van der Waals surface area contributed by atoms with Crippen molar-refractivity contribution in [1.82, 2.24) is 5.32 Å². The van der Waals surface area contributed by atoms with Crippen LogP contribution < -0.4 is 10.2 Å². The van der Waals surface area contributed by atoms with Crippen molar-refractivity contribution >= 4 is 17.4 Å². The Morgan fingerprint density at radius 3 is 2.75 bits per heavy atom. The lowest BCUT2D eigenvalue weighted by molar-refractivity contribution is 0.318. The zero-order valence-corrected chi connectivity index (χ0v) is 13.9. The molecule has 0 aromatic heterocycles. The molecule has 1 saturated heterocycles. The second kappa shape index (κ2) is 7.37. The predicted octanol–water partition coefficient (Wildman–Crippen LogP) is 3.63. The molecule has 1 atom stereocenters. The van der Waals surface area contributed by atoms with Crippen molar-refractivity contribution in [2.45, 2.75) is 32.7 Å². The lowest BCUT2D eigenvalue weighted by Gasteiger charge is -2.35. The number of para-hydroxylation sites is 1. The van der Waals surface area contributed by atoms with Gasteiger partial charge in [-0.1, -0.05) is 32.0 Å². The van der Waals surface area contributed by atoms with Crippen LogP contribution in [0.1, 0.15) is 26.7 Å². The Morgan fingerprint density at radius 1 is 1.30 bits per heavy atom. The number of nitrogens with one attached hydrogen (secondary N) is 1. The third-order valence-electron chi connectivity index (χ3n) is 3.91. The molecule has 1 unspecified atom stereocenters. The van der Waals surface area contributed by atoms with Gasteiger partial charge in [-0.2, -0.15) is 11.8 Å². The van der Waals surface area contributed by atoms with E-state index in [1.807, 2.05) is 0 Å². The molecule has 0 amide bonds. The molecule has 3 heteroatoms. The predicted molar refractivity (Wildman–Crippen MR) is 91.8 cm³/mol. The summed E-state index contributed by atoms with van der Waals surface area (Å²) in [4.78, 5) is 2.33. The normalized spacial score (nSPS) is 21.6. The minimum absolute atomic E-state index is 0.501. The number of rotatable bonds is 6. The van der Waals surface area contributed by atoms with Gasteiger partial charge < -0.3 is 10.2 Å². The molecule has 0 bridgehead atoms. The number of benzene rings is 1. The van der Waals surface area contributed by atoms with Crippen LogP contribution >= 0.6 is 11.8 Å². The average Bonchev–Trinajstić information content (AvgIpc) is 2.43. The highest BCUT2D eigenvalue weighted by atomic mass is 32.2. The SMILES string of the molecule is CN(CCCNC1CSCC(C)(C)C1)c1ccccc1. The monoisotopic (exact) mass is 292 g/mol. The molecule has 112 valence electrons. The largest absolute Gasteiger partial charge is 0.375 e. The summed E-state index contributed by atoms with van der Waals surface area (Å²) in [7, 11) is 2.18. The maximum Gasteiger partial charge on any atom is 0.0363 e. The summed E-state index contributed by atoms with van der Waals surface area (Å²) in [5.74, 6) is 2.58. The third-order valence-corrected chi connectivity index (χ3v) is 5.53. The van der Waals surface area contributed by atoms with Crippen molar-refractivity contribution in [1.29, 1.82) is 0 Å². The lowest BCUT2D eigenvalue weighted by atomic mass is 9.88. The van der Waals surface area contributed by atoms with Crippen LogP contribution in [0.4, 0.5) is 5.69 Å². The fourth-order valence-corrected chi connectivity index (χ4v) is 4.14. The van der Waals surface area contributed by atoms with Crippen LogP contribution in [0, 0.1) is 5.41 Å². The van der Waals surface area contributed by atoms with E-state index in [1.165, 1.54) is 30.0 Å². The molecule has 0 aliphatic carbocycles. The van der Waals surface area contributed by atoms with Crippen molar-refractivity contribution in [3.63, 3.8) is 0 Å². The van der Waals surface area contributed by atoms with E-state index in [0.717, 1.165) is 13.1 Å². The van der Waals surface area contributed by atoms with Crippen molar-refractivity contribution in [2.75, 3.05) is 36.5 Å². The number of hydrogen-bond donors (Lipinski definition) is 1. The molecule has 1 aromatic carbocycles. The Hall–Kier alpha value is -0.670. The Morgan fingerprint density at radius 2 is 2.05 bits per heavy atom. The van der Waals surface area contributed by atoms with Crippen molar-refractivity contribution in [3.8, 4) is 0 Å². The zero-order valence-electron chi connectivity index (χ0n) is 13.1. The maximum absolute atomic E-state index is 3.74. The van der Waals surface area contributed by atoms with Crippen LogP contribution in [0.25, 0.3) is 0 Å². The summed E-state index contributed by atoms with van der Waals surface area (Å²) in [6.45, 7) is 7.01. The Balaban J connectivity index is 1.64. The first kappa shape index (κ1) is 15.7. The smallest absolute Gasteiger partial charge is 0.0363 e. The van der Waals surface area contributed by atoms with Gasteiger partial charge in [0, 0.05) is 31.1 Å². The summed E-state index contributed by atoms with van der Waals surface area (Å²) in [6, 6.07) is 11.3. The van der Waals surface area contributed by atoms with Gasteiger partial charge in [-0.15, -0.1) is 0 Å². The fraction of sp³-hybridized carbons (Fsp3) is 0.647. The van der Waals surface area contributed by atoms with Crippen LogP contribution in [-0.4, -0.2) is 37.7 Å². The van der Waals surface area contributed by atoms with Gasteiger partial charge in [-0.05, 0) is 42.7 Å².